The van der Waals surface area contributed by atoms with Crippen LogP contribution in [-0.2, 0) is 0 Å². The third-order valence-corrected chi connectivity index (χ3v) is 4.51. The number of hydrogen-bond donors (Lipinski definition) is 1. The van der Waals surface area contributed by atoms with E-state index in [1.165, 1.54) is 19.3 Å². The van der Waals surface area contributed by atoms with E-state index >= 15 is 0 Å². The smallest absolute Gasteiger partial charge is 0.0931 e. The monoisotopic (exact) mass is 301 g/mol. The van der Waals surface area contributed by atoms with Crippen LogP contribution in [0.3, 0.4) is 0 Å². The van der Waals surface area contributed by atoms with Crippen molar-refractivity contribution in [3.8, 4) is 0 Å². The fourth-order valence-electron chi connectivity index (χ4n) is 2.85. The molecule has 2 atom stereocenters. The minimum absolute atomic E-state index is 0.545. The standard InChI is InChI=1S/C15H21Cl2NO/c1-2-12-5-3-4-8-18(12)10-15(19)13-7-6-11(16)9-14(13)17/h6-7,9,12,15,19H,2-5,8,10H2,1H3. The Morgan fingerprint density at radius 3 is 2.84 bits per heavy atom. The predicted octanol–water partition coefficient (Wildman–Crippen LogP) is 4.29. The number of halogens is 2. The van der Waals surface area contributed by atoms with Crippen molar-refractivity contribution in [2.45, 2.75) is 44.8 Å². The zero-order valence-electron chi connectivity index (χ0n) is 11.3. The van der Waals surface area contributed by atoms with Gasteiger partial charge in [0.05, 0.1) is 6.10 Å². The summed E-state index contributed by atoms with van der Waals surface area (Å²) >= 11 is 12.0. The molecule has 2 nitrogen and oxygen atoms in total. The van der Waals surface area contributed by atoms with Gasteiger partial charge in [0.25, 0.3) is 0 Å². The van der Waals surface area contributed by atoms with Crippen molar-refractivity contribution < 1.29 is 5.11 Å². The van der Waals surface area contributed by atoms with Crippen LogP contribution in [0.2, 0.25) is 10.0 Å². The number of piperidine rings is 1. The van der Waals surface area contributed by atoms with Gasteiger partial charge >= 0.3 is 0 Å². The number of rotatable bonds is 4. The van der Waals surface area contributed by atoms with Gasteiger partial charge < -0.3 is 5.11 Å². The van der Waals surface area contributed by atoms with Gasteiger partial charge in [-0.1, -0.05) is 42.6 Å². The number of aliphatic hydroxyl groups excluding tert-OH is 1. The summed E-state index contributed by atoms with van der Waals surface area (Å²) in [6.45, 7) is 3.94. The van der Waals surface area contributed by atoms with Gasteiger partial charge in [-0.15, -0.1) is 0 Å². The van der Waals surface area contributed by atoms with E-state index < -0.39 is 6.10 Å². The molecule has 1 aliphatic heterocycles. The maximum atomic E-state index is 10.4. The molecule has 1 fully saturated rings. The summed E-state index contributed by atoms with van der Waals surface area (Å²) in [7, 11) is 0. The normalized spacial score (nSPS) is 22.4. The summed E-state index contributed by atoms with van der Waals surface area (Å²) in [6, 6.07) is 5.88. The first-order valence-corrected chi connectivity index (χ1v) is 7.74. The van der Waals surface area contributed by atoms with E-state index in [-0.39, 0.29) is 0 Å². The number of hydrogen-bond acceptors (Lipinski definition) is 2. The molecular formula is C15H21Cl2NO. The van der Waals surface area contributed by atoms with Gasteiger partial charge in [-0.25, -0.2) is 0 Å². The van der Waals surface area contributed by atoms with E-state index in [0.29, 0.717) is 22.6 Å². The summed E-state index contributed by atoms with van der Waals surface area (Å²) in [5.74, 6) is 0. The lowest BCUT2D eigenvalue weighted by Crippen LogP contribution is -2.41. The molecule has 0 aromatic heterocycles. The van der Waals surface area contributed by atoms with Crippen molar-refractivity contribution in [2.24, 2.45) is 0 Å². The molecule has 0 radical (unpaired) electrons. The van der Waals surface area contributed by atoms with Crippen LogP contribution in [0.25, 0.3) is 0 Å². The van der Waals surface area contributed by atoms with Crippen molar-refractivity contribution >= 4 is 23.2 Å². The number of aliphatic hydroxyl groups is 1. The van der Waals surface area contributed by atoms with Crippen molar-refractivity contribution in [2.75, 3.05) is 13.1 Å². The zero-order chi connectivity index (χ0) is 13.8. The topological polar surface area (TPSA) is 23.5 Å². The molecule has 1 aromatic rings. The Balaban J connectivity index is 2.05. The van der Waals surface area contributed by atoms with Gasteiger partial charge in [0.1, 0.15) is 0 Å². The van der Waals surface area contributed by atoms with E-state index in [4.69, 9.17) is 23.2 Å². The molecule has 0 aliphatic carbocycles. The highest BCUT2D eigenvalue weighted by molar-refractivity contribution is 6.35. The highest BCUT2D eigenvalue weighted by Gasteiger charge is 2.24. The SMILES string of the molecule is CCC1CCCCN1CC(O)c1ccc(Cl)cc1Cl. The van der Waals surface area contributed by atoms with Crippen molar-refractivity contribution in [3.63, 3.8) is 0 Å². The molecular weight excluding hydrogens is 281 g/mol. The first-order valence-electron chi connectivity index (χ1n) is 6.99. The number of likely N-dealkylation sites (tertiary alicyclic amines) is 1. The average molecular weight is 302 g/mol. The van der Waals surface area contributed by atoms with E-state index in [0.717, 1.165) is 18.5 Å². The second kappa shape index (κ2) is 6.94. The number of benzene rings is 1. The van der Waals surface area contributed by atoms with Gasteiger partial charge in [-0.3, -0.25) is 4.90 Å². The Bertz CT molecular complexity index is 425. The largest absolute Gasteiger partial charge is 0.387 e. The second-order valence-corrected chi connectivity index (χ2v) is 6.08. The van der Waals surface area contributed by atoms with Crippen LogP contribution in [0.5, 0.6) is 0 Å². The molecule has 1 saturated heterocycles. The van der Waals surface area contributed by atoms with Gasteiger partial charge in [-0.05, 0) is 37.9 Å². The lowest BCUT2D eigenvalue weighted by Gasteiger charge is -2.36. The average Bonchev–Trinajstić information content (AvgIpc) is 2.39. The molecule has 0 spiro atoms. The van der Waals surface area contributed by atoms with Crippen molar-refractivity contribution in [3.05, 3.63) is 33.8 Å². The van der Waals surface area contributed by atoms with Crippen LogP contribution in [0.1, 0.15) is 44.3 Å². The molecule has 2 rings (SSSR count). The summed E-state index contributed by atoms with van der Waals surface area (Å²) in [4.78, 5) is 2.39. The van der Waals surface area contributed by atoms with Crippen LogP contribution in [0, 0.1) is 0 Å². The number of nitrogens with zero attached hydrogens (tertiary/aromatic N) is 1. The molecule has 106 valence electrons. The Labute approximate surface area is 125 Å². The zero-order valence-corrected chi connectivity index (χ0v) is 12.8. The third kappa shape index (κ3) is 3.85. The van der Waals surface area contributed by atoms with E-state index in [9.17, 15) is 5.11 Å². The lowest BCUT2D eigenvalue weighted by molar-refractivity contribution is 0.0657. The molecule has 19 heavy (non-hydrogen) atoms. The molecule has 1 aromatic carbocycles. The van der Waals surface area contributed by atoms with Crippen LogP contribution in [0.15, 0.2) is 18.2 Å². The van der Waals surface area contributed by atoms with Gasteiger partial charge in [-0.2, -0.15) is 0 Å². The minimum atomic E-state index is -0.545. The first-order chi connectivity index (χ1) is 9.11. The predicted molar refractivity (Wildman–Crippen MR) is 80.9 cm³/mol. The Kier molecular flexibility index (Phi) is 5.52. The molecule has 0 amide bonds. The highest BCUT2D eigenvalue weighted by atomic mass is 35.5. The lowest BCUT2D eigenvalue weighted by atomic mass is 9.98. The van der Waals surface area contributed by atoms with E-state index in [2.05, 4.69) is 11.8 Å². The Morgan fingerprint density at radius 1 is 1.37 bits per heavy atom. The van der Waals surface area contributed by atoms with E-state index in [1.54, 1.807) is 12.1 Å². The number of β-amino-alcohol motifs (C(OH)–C–C–N with tert-alkyl or cyclic N) is 1. The fraction of sp³-hybridized carbons (Fsp3) is 0.600. The van der Waals surface area contributed by atoms with Crippen LogP contribution in [-0.4, -0.2) is 29.1 Å². The highest BCUT2D eigenvalue weighted by Crippen LogP contribution is 2.29. The van der Waals surface area contributed by atoms with Gasteiger partial charge in [0.15, 0.2) is 0 Å². The summed E-state index contributed by atoms with van der Waals surface area (Å²) in [6.07, 6.45) is 4.35. The van der Waals surface area contributed by atoms with Crippen molar-refractivity contribution in [1.29, 1.82) is 0 Å². The quantitative estimate of drug-likeness (QED) is 0.897. The molecule has 1 aliphatic rings. The molecule has 4 heteroatoms. The minimum Gasteiger partial charge on any atom is -0.387 e. The maximum absolute atomic E-state index is 10.4. The first kappa shape index (κ1) is 15.1. The van der Waals surface area contributed by atoms with Crippen molar-refractivity contribution in [1.82, 2.24) is 4.90 Å². The molecule has 2 unspecified atom stereocenters. The summed E-state index contributed by atoms with van der Waals surface area (Å²) in [5, 5.41) is 11.5. The van der Waals surface area contributed by atoms with Crippen LogP contribution < -0.4 is 0 Å². The van der Waals surface area contributed by atoms with Crippen LogP contribution >= 0.6 is 23.2 Å². The Hall–Kier alpha value is -0.280. The van der Waals surface area contributed by atoms with Crippen LogP contribution in [0.4, 0.5) is 0 Å². The Morgan fingerprint density at radius 2 is 2.16 bits per heavy atom. The summed E-state index contributed by atoms with van der Waals surface area (Å²) in [5.41, 5.74) is 0.770. The molecule has 0 bridgehead atoms. The summed E-state index contributed by atoms with van der Waals surface area (Å²) < 4.78 is 0. The van der Waals surface area contributed by atoms with Gasteiger partial charge in [0, 0.05) is 28.2 Å². The van der Waals surface area contributed by atoms with Gasteiger partial charge in [0.2, 0.25) is 0 Å². The van der Waals surface area contributed by atoms with E-state index in [1.807, 2.05) is 6.07 Å². The maximum Gasteiger partial charge on any atom is 0.0931 e. The molecule has 0 saturated carbocycles. The second-order valence-electron chi connectivity index (χ2n) is 5.23. The fourth-order valence-corrected chi connectivity index (χ4v) is 3.39. The molecule has 1 N–H and O–H groups in total. The third-order valence-electron chi connectivity index (χ3n) is 3.95. The molecule has 1 heterocycles.